The van der Waals surface area contributed by atoms with Gasteiger partial charge in [0, 0.05) is 6.42 Å². The predicted molar refractivity (Wildman–Crippen MR) is 86.7 cm³/mol. The zero-order chi connectivity index (χ0) is 17.5. The lowest BCUT2D eigenvalue weighted by atomic mass is 10.0. The Balaban J connectivity index is 2.82. The van der Waals surface area contributed by atoms with Crippen molar-refractivity contribution in [2.45, 2.75) is 45.8 Å². The highest BCUT2D eigenvalue weighted by atomic mass is 16.6. The molecule has 6 heteroatoms. The van der Waals surface area contributed by atoms with Gasteiger partial charge in [0.15, 0.2) is 0 Å². The van der Waals surface area contributed by atoms with Gasteiger partial charge >= 0.3 is 6.09 Å². The molecule has 0 heterocycles. The molecule has 0 saturated heterocycles. The highest BCUT2D eigenvalue weighted by molar-refractivity contribution is 5.86. The molecule has 23 heavy (non-hydrogen) atoms. The second-order valence-corrected chi connectivity index (χ2v) is 6.27. The maximum absolute atomic E-state index is 12.2. The van der Waals surface area contributed by atoms with Crippen LogP contribution in [0.4, 0.5) is 4.79 Å². The number of nitrogens with one attached hydrogen (secondary N) is 2. The van der Waals surface area contributed by atoms with Gasteiger partial charge < -0.3 is 15.4 Å². The molecule has 0 saturated carbocycles. The number of carbonyl (C=O) groups excluding carboxylic acids is 2. The minimum absolute atomic E-state index is 0.112. The highest BCUT2D eigenvalue weighted by Crippen LogP contribution is 2.10. The van der Waals surface area contributed by atoms with Gasteiger partial charge in [0.25, 0.3) is 0 Å². The Labute approximate surface area is 136 Å². The van der Waals surface area contributed by atoms with Crippen LogP contribution in [0, 0.1) is 18.3 Å². The fourth-order valence-corrected chi connectivity index (χ4v) is 1.98. The number of rotatable bonds is 5. The van der Waals surface area contributed by atoms with Crippen LogP contribution in [-0.2, 0) is 16.0 Å². The van der Waals surface area contributed by atoms with Crippen LogP contribution >= 0.6 is 0 Å². The van der Waals surface area contributed by atoms with E-state index < -0.39 is 23.6 Å². The van der Waals surface area contributed by atoms with Crippen molar-refractivity contribution in [3.8, 4) is 6.07 Å². The molecule has 1 atom stereocenters. The summed E-state index contributed by atoms with van der Waals surface area (Å²) in [7, 11) is 0. The van der Waals surface area contributed by atoms with E-state index in [1.165, 1.54) is 0 Å². The zero-order valence-electron chi connectivity index (χ0n) is 14.0. The van der Waals surface area contributed by atoms with Gasteiger partial charge in [-0.05, 0) is 33.3 Å². The monoisotopic (exact) mass is 317 g/mol. The van der Waals surface area contributed by atoms with Crippen molar-refractivity contribution in [2.24, 2.45) is 0 Å². The van der Waals surface area contributed by atoms with Crippen molar-refractivity contribution in [2.75, 3.05) is 6.54 Å². The van der Waals surface area contributed by atoms with Crippen LogP contribution in [0.5, 0.6) is 0 Å². The molecule has 0 fully saturated rings. The Hall–Kier alpha value is -2.55. The Morgan fingerprint density at radius 2 is 2.04 bits per heavy atom. The fourth-order valence-electron chi connectivity index (χ4n) is 1.98. The lowest BCUT2D eigenvalue weighted by Gasteiger charge is -2.23. The molecular weight excluding hydrogens is 294 g/mol. The number of hydrogen-bond donors (Lipinski definition) is 2. The number of benzene rings is 1. The normalized spacial score (nSPS) is 12.0. The molecule has 0 radical (unpaired) electrons. The summed E-state index contributed by atoms with van der Waals surface area (Å²) in [5.74, 6) is -0.418. The maximum Gasteiger partial charge on any atom is 0.408 e. The van der Waals surface area contributed by atoms with Crippen LogP contribution < -0.4 is 10.6 Å². The summed E-state index contributed by atoms with van der Waals surface area (Å²) in [6, 6.07) is 8.71. The zero-order valence-corrected chi connectivity index (χ0v) is 14.0. The molecule has 1 rings (SSSR count). The highest BCUT2D eigenvalue weighted by Gasteiger charge is 2.24. The first kappa shape index (κ1) is 18.5. The Bertz CT molecular complexity index is 600. The number of amides is 2. The molecule has 0 aliphatic heterocycles. The number of alkyl carbamates (subject to hydrolysis) is 1. The summed E-state index contributed by atoms with van der Waals surface area (Å²) in [5.41, 5.74) is 1.33. The van der Waals surface area contributed by atoms with E-state index in [9.17, 15) is 9.59 Å². The third-order valence-electron chi connectivity index (χ3n) is 2.87. The SMILES string of the molecule is Cc1cccc(C[C@H](NC(=O)OC(C)(C)C)C(=O)NCC#N)c1. The lowest BCUT2D eigenvalue weighted by molar-refractivity contribution is -0.122. The molecule has 0 aliphatic carbocycles. The van der Waals surface area contributed by atoms with Gasteiger partial charge in [-0.2, -0.15) is 5.26 Å². The number of carbonyl (C=O) groups is 2. The smallest absolute Gasteiger partial charge is 0.408 e. The van der Waals surface area contributed by atoms with E-state index >= 15 is 0 Å². The van der Waals surface area contributed by atoms with Gasteiger partial charge in [-0.3, -0.25) is 4.79 Å². The van der Waals surface area contributed by atoms with E-state index in [1.54, 1.807) is 20.8 Å². The first-order valence-corrected chi connectivity index (χ1v) is 7.41. The molecule has 0 spiro atoms. The van der Waals surface area contributed by atoms with Crippen LogP contribution in [0.15, 0.2) is 24.3 Å². The first-order valence-electron chi connectivity index (χ1n) is 7.41. The maximum atomic E-state index is 12.2. The standard InChI is InChI=1S/C17H23N3O3/c1-12-6-5-7-13(10-12)11-14(15(21)19-9-8-18)20-16(22)23-17(2,3)4/h5-7,10,14H,9,11H2,1-4H3,(H,19,21)(H,20,22)/t14-/m0/s1. The summed E-state index contributed by atoms with van der Waals surface area (Å²) in [6.45, 7) is 7.09. The quantitative estimate of drug-likeness (QED) is 0.813. The Kier molecular flexibility index (Phi) is 6.58. The molecule has 2 N–H and O–H groups in total. The molecule has 0 unspecified atom stereocenters. The largest absolute Gasteiger partial charge is 0.444 e. The van der Waals surface area contributed by atoms with Gasteiger partial charge in [0.05, 0.1) is 6.07 Å². The molecular formula is C17H23N3O3. The topological polar surface area (TPSA) is 91.2 Å². The van der Waals surface area contributed by atoms with Crippen LogP contribution in [0.25, 0.3) is 0 Å². The second kappa shape index (κ2) is 8.18. The number of ether oxygens (including phenoxy) is 1. The third kappa shape index (κ3) is 7.32. The van der Waals surface area contributed by atoms with Crippen LogP contribution in [-0.4, -0.2) is 30.2 Å². The van der Waals surface area contributed by atoms with Gasteiger partial charge in [-0.1, -0.05) is 29.8 Å². The van der Waals surface area contributed by atoms with Crippen molar-refractivity contribution in [3.05, 3.63) is 35.4 Å². The number of hydrogen-bond acceptors (Lipinski definition) is 4. The summed E-state index contributed by atoms with van der Waals surface area (Å²) in [4.78, 5) is 24.1. The average Bonchev–Trinajstić information content (AvgIpc) is 2.42. The van der Waals surface area contributed by atoms with E-state index in [0.29, 0.717) is 6.42 Å². The minimum atomic E-state index is -0.806. The van der Waals surface area contributed by atoms with Crippen molar-refractivity contribution in [3.63, 3.8) is 0 Å². The molecule has 0 aliphatic rings. The molecule has 2 amide bonds. The molecule has 0 bridgehead atoms. The van der Waals surface area contributed by atoms with Crippen molar-refractivity contribution in [1.82, 2.24) is 10.6 Å². The summed E-state index contributed by atoms with van der Waals surface area (Å²) >= 11 is 0. The van der Waals surface area contributed by atoms with Crippen molar-refractivity contribution < 1.29 is 14.3 Å². The Morgan fingerprint density at radius 3 is 2.61 bits per heavy atom. The van der Waals surface area contributed by atoms with E-state index in [4.69, 9.17) is 10.00 Å². The van der Waals surface area contributed by atoms with Gasteiger partial charge in [-0.25, -0.2) is 4.79 Å². The molecule has 1 aromatic carbocycles. The fraction of sp³-hybridized carbons (Fsp3) is 0.471. The molecule has 0 aromatic heterocycles. The van der Waals surface area contributed by atoms with E-state index in [0.717, 1.165) is 11.1 Å². The average molecular weight is 317 g/mol. The molecule has 6 nitrogen and oxygen atoms in total. The molecule has 1 aromatic rings. The second-order valence-electron chi connectivity index (χ2n) is 6.27. The minimum Gasteiger partial charge on any atom is -0.444 e. The van der Waals surface area contributed by atoms with Crippen molar-refractivity contribution in [1.29, 1.82) is 5.26 Å². The summed E-state index contributed by atoms with van der Waals surface area (Å²) < 4.78 is 5.19. The Morgan fingerprint density at radius 1 is 1.35 bits per heavy atom. The number of aryl methyl sites for hydroxylation is 1. The van der Waals surface area contributed by atoms with E-state index in [2.05, 4.69) is 10.6 Å². The van der Waals surface area contributed by atoms with Crippen molar-refractivity contribution >= 4 is 12.0 Å². The molecule has 124 valence electrons. The van der Waals surface area contributed by atoms with Gasteiger partial charge in [-0.15, -0.1) is 0 Å². The van der Waals surface area contributed by atoms with Crippen LogP contribution in [0.3, 0.4) is 0 Å². The van der Waals surface area contributed by atoms with Gasteiger partial charge in [0.2, 0.25) is 5.91 Å². The summed E-state index contributed by atoms with van der Waals surface area (Å²) in [5, 5.41) is 13.6. The van der Waals surface area contributed by atoms with E-state index in [1.807, 2.05) is 37.3 Å². The number of nitrogens with zero attached hydrogens (tertiary/aromatic N) is 1. The van der Waals surface area contributed by atoms with Crippen LogP contribution in [0.2, 0.25) is 0 Å². The first-order chi connectivity index (χ1) is 10.7. The van der Waals surface area contributed by atoms with Gasteiger partial charge in [0.1, 0.15) is 18.2 Å². The number of nitriles is 1. The summed E-state index contributed by atoms with van der Waals surface area (Å²) in [6.07, 6.45) is -0.347. The third-order valence-corrected chi connectivity index (χ3v) is 2.87. The lowest BCUT2D eigenvalue weighted by Crippen LogP contribution is -2.49. The van der Waals surface area contributed by atoms with Crippen LogP contribution in [0.1, 0.15) is 31.9 Å². The predicted octanol–water partition coefficient (Wildman–Crippen LogP) is 2.07. The van der Waals surface area contributed by atoms with E-state index in [-0.39, 0.29) is 6.54 Å².